The van der Waals surface area contributed by atoms with E-state index in [1.165, 1.54) is 20.0 Å². The van der Waals surface area contributed by atoms with E-state index in [0.717, 1.165) is 18.4 Å². The van der Waals surface area contributed by atoms with Crippen molar-refractivity contribution in [3.8, 4) is 17.4 Å². The van der Waals surface area contributed by atoms with E-state index in [4.69, 9.17) is 27.9 Å². The van der Waals surface area contributed by atoms with Gasteiger partial charge >= 0.3 is 0 Å². The highest BCUT2D eigenvalue weighted by atomic mass is 35.5. The smallest absolute Gasteiger partial charge is 0.233 e. The zero-order valence-electron chi connectivity index (χ0n) is 11.5. The Morgan fingerprint density at radius 2 is 1.71 bits per heavy atom. The first-order valence-corrected chi connectivity index (χ1v) is 7.55. The summed E-state index contributed by atoms with van der Waals surface area (Å²) < 4.78 is 4.97. The third-order valence-electron chi connectivity index (χ3n) is 3.69. The van der Waals surface area contributed by atoms with Gasteiger partial charge in [0.2, 0.25) is 5.88 Å². The summed E-state index contributed by atoms with van der Waals surface area (Å²) in [5, 5.41) is 8.73. The lowest BCUT2D eigenvalue weighted by atomic mass is 10.0. The molecule has 0 amide bonds. The lowest BCUT2D eigenvalue weighted by Gasteiger charge is -2.13. The monoisotopic (exact) mass is 324 g/mol. The summed E-state index contributed by atoms with van der Waals surface area (Å²) in [6, 6.07) is 3.42. The second-order valence-electron chi connectivity index (χ2n) is 4.98. The topological polar surface area (TPSA) is 60.8 Å². The van der Waals surface area contributed by atoms with Crippen molar-refractivity contribution >= 4 is 23.2 Å². The van der Waals surface area contributed by atoms with E-state index in [2.05, 4.69) is 20.2 Å². The minimum Gasteiger partial charge on any atom is -0.480 e. The van der Waals surface area contributed by atoms with Gasteiger partial charge in [0.1, 0.15) is 16.0 Å². The highest BCUT2D eigenvalue weighted by molar-refractivity contribution is 6.34. The molecule has 0 aliphatic heterocycles. The van der Waals surface area contributed by atoms with Crippen LogP contribution in [0.15, 0.2) is 12.1 Å². The molecule has 0 spiro atoms. The van der Waals surface area contributed by atoms with Crippen molar-refractivity contribution in [1.29, 1.82) is 0 Å². The van der Waals surface area contributed by atoms with Crippen LogP contribution in [0, 0.1) is 0 Å². The molecule has 1 fully saturated rings. The van der Waals surface area contributed by atoms with Crippen LogP contribution in [0.2, 0.25) is 10.3 Å². The first-order chi connectivity index (χ1) is 10.2. The molecule has 3 rings (SSSR count). The molecular weight excluding hydrogens is 311 g/mol. The zero-order valence-corrected chi connectivity index (χ0v) is 13.0. The van der Waals surface area contributed by atoms with Crippen LogP contribution in [0.3, 0.4) is 0 Å². The number of nitrogens with zero attached hydrogens (tertiary/aromatic N) is 4. The van der Waals surface area contributed by atoms with Crippen LogP contribution in [0.5, 0.6) is 5.88 Å². The van der Waals surface area contributed by atoms with Crippen molar-refractivity contribution in [3.63, 3.8) is 0 Å². The molecule has 2 heterocycles. The summed E-state index contributed by atoms with van der Waals surface area (Å²) in [5.41, 5.74) is 1.37. The molecule has 110 valence electrons. The molecule has 0 atom stereocenters. The Morgan fingerprint density at radius 3 is 2.24 bits per heavy atom. The van der Waals surface area contributed by atoms with Crippen LogP contribution in [-0.2, 0) is 0 Å². The Morgan fingerprint density at radius 1 is 1.05 bits per heavy atom. The molecule has 2 aromatic rings. The number of hydrogen-bond donors (Lipinski definition) is 0. The lowest BCUT2D eigenvalue weighted by Crippen LogP contribution is -2.03. The molecule has 2 aromatic heterocycles. The standard InChI is InChI=1S/C14H14Cl2N4O/c1-21-10-7-6-9(19-20-10)14-17-12(15)11(13(16)18-14)8-4-2-3-5-8/h6-8H,2-5H2,1H3. The fourth-order valence-electron chi connectivity index (χ4n) is 2.63. The number of hydrogen-bond acceptors (Lipinski definition) is 5. The Hall–Kier alpha value is -1.46. The summed E-state index contributed by atoms with van der Waals surface area (Å²) in [6.45, 7) is 0. The van der Waals surface area contributed by atoms with Gasteiger partial charge in [-0.2, -0.15) is 0 Å². The first kappa shape index (κ1) is 14.5. The van der Waals surface area contributed by atoms with Crippen molar-refractivity contribution in [2.45, 2.75) is 31.6 Å². The largest absolute Gasteiger partial charge is 0.480 e. The number of aromatic nitrogens is 4. The summed E-state index contributed by atoms with van der Waals surface area (Å²) in [5.74, 6) is 1.17. The Labute approximate surface area is 132 Å². The Bertz CT molecular complexity index is 619. The minimum absolute atomic E-state index is 0.362. The molecule has 5 nitrogen and oxygen atoms in total. The summed E-state index contributed by atoms with van der Waals surface area (Å²) >= 11 is 12.6. The van der Waals surface area contributed by atoms with Gasteiger partial charge in [-0.3, -0.25) is 0 Å². The molecule has 0 saturated heterocycles. The fourth-order valence-corrected chi connectivity index (χ4v) is 3.33. The van der Waals surface area contributed by atoms with Gasteiger partial charge in [-0.15, -0.1) is 10.2 Å². The van der Waals surface area contributed by atoms with Crippen molar-refractivity contribution in [2.75, 3.05) is 7.11 Å². The van der Waals surface area contributed by atoms with Gasteiger partial charge in [0, 0.05) is 11.6 Å². The van der Waals surface area contributed by atoms with Crippen molar-refractivity contribution in [1.82, 2.24) is 20.2 Å². The van der Waals surface area contributed by atoms with E-state index < -0.39 is 0 Å². The molecule has 0 bridgehead atoms. The average Bonchev–Trinajstić information content (AvgIpc) is 3.00. The quantitative estimate of drug-likeness (QED) is 0.801. The fraction of sp³-hybridized carbons (Fsp3) is 0.429. The average molecular weight is 325 g/mol. The number of ether oxygens (including phenoxy) is 1. The number of halogens is 2. The van der Waals surface area contributed by atoms with Crippen LogP contribution < -0.4 is 4.74 Å². The first-order valence-electron chi connectivity index (χ1n) is 6.80. The van der Waals surface area contributed by atoms with Crippen LogP contribution >= 0.6 is 23.2 Å². The lowest BCUT2D eigenvalue weighted by molar-refractivity contribution is 0.392. The number of rotatable bonds is 3. The van der Waals surface area contributed by atoms with Gasteiger partial charge in [0.15, 0.2) is 5.82 Å². The normalized spacial score (nSPS) is 15.4. The highest BCUT2D eigenvalue weighted by Gasteiger charge is 2.25. The van der Waals surface area contributed by atoms with E-state index in [-0.39, 0.29) is 0 Å². The minimum atomic E-state index is 0.362. The summed E-state index contributed by atoms with van der Waals surface area (Å²) in [4.78, 5) is 8.66. The van der Waals surface area contributed by atoms with Crippen molar-refractivity contribution in [3.05, 3.63) is 28.0 Å². The van der Waals surface area contributed by atoms with Gasteiger partial charge < -0.3 is 4.74 Å². The van der Waals surface area contributed by atoms with E-state index in [9.17, 15) is 0 Å². The second kappa shape index (κ2) is 6.12. The SMILES string of the molecule is COc1ccc(-c2nc(Cl)c(C3CCCC3)c(Cl)n2)nn1. The molecule has 0 aromatic carbocycles. The predicted octanol–water partition coefficient (Wildman–Crippen LogP) is 3.91. The van der Waals surface area contributed by atoms with Crippen molar-refractivity contribution in [2.24, 2.45) is 0 Å². The molecule has 0 unspecified atom stereocenters. The van der Waals surface area contributed by atoms with Gasteiger partial charge in [-0.25, -0.2) is 9.97 Å². The summed E-state index contributed by atoms with van der Waals surface area (Å²) in [6.07, 6.45) is 4.57. The third kappa shape index (κ3) is 2.94. The van der Waals surface area contributed by atoms with E-state index in [1.54, 1.807) is 12.1 Å². The maximum Gasteiger partial charge on any atom is 0.233 e. The molecule has 7 heteroatoms. The van der Waals surface area contributed by atoms with Gasteiger partial charge in [0.25, 0.3) is 0 Å². The maximum absolute atomic E-state index is 6.31. The molecule has 0 N–H and O–H groups in total. The molecule has 21 heavy (non-hydrogen) atoms. The molecule has 1 aliphatic rings. The van der Waals surface area contributed by atoms with E-state index in [1.807, 2.05) is 0 Å². The number of methoxy groups -OCH3 is 1. The molecule has 1 aliphatic carbocycles. The van der Waals surface area contributed by atoms with Crippen LogP contribution in [0.4, 0.5) is 0 Å². The third-order valence-corrected chi connectivity index (χ3v) is 4.27. The summed E-state index contributed by atoms with van der Waals surface area (Å²) in [7, 11) is 1.53. The Kier molecular flexibility index (Phi) is 4.22. The Balaban J connectivity index is 1.96. The van der Waals surface area contributed by atoms with E-state index >= 15 is 0 Å². The van der Waals surface area contributed by atoms with Crippen molar-refractivity contribution < 1.29 is 4.74 Å². The van der Waals surface area contributed by atoms with Crippen LogP contribution in [-0.4, -0.2) is 27.3 Å². The second-order valence-corrected chi connectivity index (χ2v) is 5.70. The van der Waals surface area contributed by atoms with Crippen LogP contribution in [0.1, 0.15) is 37.2 Å². The zero-order chi connectivity index (χ0) is 14.8. The maximum atomic E-state index is 6.31. The van der Waals surface area contributed by atoms with Gasteiger partial charge in [-0.1, -0.05) is 36.0 Å². The van der Waals surface area contributed by atoms with E-state index in [0.29, 0.717) is 33.6 Å². The van der Waals surface area contributed by atoms with Gasteiger partial charge in [-0.05, 0) is 24.8 Å². The van der Waals surface area contributed by atoms with Gasteiger partial charge in [0.05, 0.1) is 7.11 Å². The molecule has 1 saturated carbocycles. The van der Waals surface area contributed by atoms with Crippen LogP contribution in [0.25, 0.3) is 11.5 Å². The highest BCUT2D eigenvalue weighted by Crippen LogP contribution is 2.40. The molecular formula is C14H14Cl2N4O. The molecule has 0 radical (unpaired) electrons. The predicted molar refractivity (Wildman–Crippen MR) is 80.8 cm³/mol.